The Morgan fingerprint density at radius 3 is 2.93 bits per heavy atom. The number of β-amino-alcohol motifs (C(OH)–C–C–N with tert-alkyl or cyclic N) is 1. The van der Waals surface area contributed by atoms with Crippen molar-refractivity contribution in [3.63, 3.8) is 0 Å². The number of rotatable bonds is 7. The lowest BCUT2D eigenvalue weighted by atomic mass is 9.90. The van der Waals surface area contributed by atoms with Gasteiger partial charge >= 0.3 is 0 Å². The lowest BCUT2D eigenvalue weighted by molar-refractivity contribution is -0.0484. The minimum Gasteiger partial charge on any atom is -0.394 e. The number of guanidine groups is 1. The van der Waals surface area contributed by atoms with Crippen molar-refractivity contribution in [2.75, 3.05) is 20.3 Å². The van der Waals surface area contributed by atoms with Crippen LogP contribution < -0.4 is 11.2 Å². The van der Waals surface area contributed by atoms with Gasteiger partial charge in [0, 0.05) is 19.9 Å². The van der Waals surface area contributed by atoms with Gasteiger partial charge in [-0.3, -0.25) is 4.99 Å². The molecule has 0 bridgehead atoms. The van der Waals surface area contributed by atoms with Crippen LogP contribution in [0.3, 0.4) is 0 Å². The summed E-state index contributed by atoms with van der Waals surface area (Å²) in [4.78, 5) is 14.9. The highest BCUT2D eigenvalue weighted by atomic mass is 16.5. The molecule has 2 aliphatic heterocycles. The molecule has 0 spiro atoms. The Morgan fingerprint density at radius 2 is 2.22 bits per heavy atom. The second-order valence-corrected chi connectivity index (χ2v) is 7.12. The number of nitrogens with two attached hydrogens (primary N) is 1. The number of aliphatic hydroxyl groups excluding tert-OH is 2. The second kappa shape index (κ2) is 9.25. The van der Waals surface area contributed by atoms with Crippen LogP contribution >= 0.6 is 0 Å². The minimum atomic E-state index is -0.888. The fourth-order valence-electron chi connectivity index (χ4n) is 3.58. The summed E-state index contributed by atoms with van der Waals surface area (Å²) in [6.07, 6.45) is 7.69. The number of methoxy groups -OCH3 is 1. The van der Waals surface area contributed by atoms with Gasteiger partial charge in [-0.25, -0.2) is 10.4 Å². The summed E-state index contributed by atoms with van der Waals surface area (Å²) < 4.78 is 5.07. The third-order valence-corrected chi connectivity index (χ3v) is 5.20. The molecule has 27 heavy (non-hydrogen) atoms. The number of nitrogens with zero attached hydrogens (tertiary/aromatic N) is 5. The molecule has 10 heteroatoms. The number of hydrazone groups is 1. The van der Waals surface area contributed by atoms with Crippen LogP contribution in [0.25, 0.3) is 0 Å². The summed E-state index contributed by atoms with van der Waals surface area (Å²) in [6.45, 7) is -0.0641. The molecular formula is C17H29N7O3. The fraction of sp³-hybridized carbons (Fsp3) is 0.765. The summed E-state index contributed by atoms with van der Waals surface area (Å²) in [7, 11) is 1.45. The first-order chi connectivity index (χ1) is 13.1. The molecule has 3 rings (SSSR count). The lowest BCUT2D eigenvalue weighted by Crippen LogP contribution is -2.50. The van der Waals surface area contributed by atoms with Gasteiger partial charge in [-0.05, 0) is 18.8 Å². The smallest absolute Gasteiger partial charge is 0.242 e. The predicted molar refractivity (Wildman–Crippen MR) is 104 cm³/mol. The maximum Gasteiger partial charge on any atom is 0.242 e. The van der Waals surface area contributed by atoms with E-state index in [4.69, 9.17) is 10.5 Å². The largest absolute Gasteiger partial charge is 0.394 e. The molecule has 0 aromatic heterocycles. The Hall–Kier alpha value is -2.04. The quantitative estimate of drug-likeness (QED) is 0.340. The van der Waals surface area contributed by atoms with Gasteiger partial charge in [-0.1, -0.05) is 19.3 Å². The Morgan fingerprint density at radius 1 is 1.44 bits per heavy atom. The van der Waals surface area contributed by atoms with Crippen LogP contribution in [0.2, 0.25) is 0 Å². The number of fused-ring (bicyclic) bond motifs is 1. The highest BCUT2D eigenvalue weighted by Gasteiger charge is 2.38. The summed E-state index contributed by atoms with van der Waals surface area (Å²) >= 11 is 0. The summed E-state index contributed by atoms with van der Waals surface area (Å²) in [5.41, 5.74) is 8.91. The van der Waals surface area contributed by atoms with Gasteiger partial charge in [-0.15, -0.1) is 0 Å². The normalized spacial score (nSPS) is 28.0. The number of hydrogen-bond donors (Lipinski definition) is 4. The maximum absolute atomic E-state index is 10.2. The first kappa shape index (κ1) is 19.7. The average molecular weight is 379 g/mol. The van der Waals surface area contributed by atoms with E-state index in [0.29, 0.717) is 17.7 Å². The van der Waals surface area contributed by atoms with Crippen molar-refractivity contribution < 1.29 is 14.9 Å². The molecule has 0 radical (unpaired) electrons. The summed E-state index contributed by atoms with van der Waals surface area (Å²) in [6, 6.07) is -0.389. The Bertz CT molecular complexity index is 612. The van der Waals surface area contributed by atoms with Crippen LogP contribution in [0.1, 0.15) is 32.1 Å². The Balaban J connectivity index is 1.61. The zero-order valence-corrected chi connectivity index (χ0v) is 15.6. The van der Waals surface area contributed by atoms with Crippen LogP contribution in [0, 0.1) is 5.92 Å². The van der Waals surface area contributed by atoms with Crippen molar-refractivity contribution in [3.05, 3.63) is 0 Å². The van der Waals surface area contributed by atoms with Crippen molar-refractivity contribution in [2.45, 2.75) is 56.5 Å². The summed E-state index contributed by atoms with van der Waals surface area (Å²) in [5, 5.41) is 23.8. The molecule has 1 saturated carbocycles. The molecule has 0 saturated heterocycles. The Labute approximate surface area is 158 Å². The molecule has 1 fully saturated rings. The van der Waals surface area contributed by atoms with Gasteiger partial charge in [0.2, 0.25) is 5.96 Å². The molecule has 0 aromatic carbocycles. The standard InChI is InChI=1S/C17H29N7O3/c1-27-13(9-25)12(26)8-24-10-19-14-15(18)21-17(22-16(14)24)23-20-7-11-5-3-2-4-6-11/h7,10-14,16,25-26H,2-6,8-9H2,1H3,(H3,18,21,22,23)/b20-7-/t12-,13?,14?,16?/m0/s1. The number of amidine groups is 1. The second-order valence-electron chi connectivity index (χ2n) is 7.12. The maximum atomic E-state index is 10.2. The van der Waals surface area contributed by atoms with Crippen molar-refractivity contribution in [3.8, 4) is 0 Å². The number of aliphatic imine (C=N–C) groups is 3. The topological polar surface area (TPSA) is 140 Å². The van der Waals surface area contributed by atoms with Gasteiger partial charge in [0.05, 0.1) is 19.0 Å². The number of ether oxygens (including phenoxy) is 1. The van der Waals surface area contributed by atoms with Gasteiger partial charge in [0.25, 0.3) is 0 Å². The lowest BCUT2D eigenvalue weighted by Gasteiger charge is -2.30. The third kappa shape index (κ3) is 4.82. The van der Waals surface area contributed by atoms with E-state index in [1.807, 2.05) is 6.21 Å². The molecule has 2 heterocycles. The SMILES string of the molecule is COC(CO)[C@@H](O)CN1C=NC2C(N)=NC(N/N=C\C3CCCCC3)=NC21. The molecule has 4 atom stereocenters. The van der Waals surface area contributed by atoms with Crippen molar-refractivity contribution in [1.82, 2.24) is 10.3 Å². The van der Waals surface area contributed by atoms with Crippen LogP contribution in [0.4, 0.5) is 0 Å². The first-order valence-electron chi connectivity index (χ1n) is 9.44. The number of hydrogen-bond acceptors (Lipinski definition) is 10. The van der Waals surface area contributed by atoms with Crippen LogP contribution in [0.15, 0.2) is 20.1 Å². The van der Waals surface area contributed by atoms with Crippen LogP contribution in [-0.4, -0.2) is 84.1 Å². The third-order valence-electron chi connectivity index (χ3n) is 5.20. The van der Waals surface area contributed by atoms with E-state index in [1.54, 1.807) is 11.2 Å². The number of aliphatic hydroxyl groups is 2. The van der Waals surface area contributed by atoms with E-state index < -0.39 is 18.4 Å². The van der Waals surface area contributed by atoms with Crippen molar-refractivity contribution in [2.24, 2.45) is 31.7 Å². The highest BCUT2D eigenvalue weighted by Crippen LogP contribution is 2.22. The van der Waals surface area contributed by atoms with E-state index in [2.05, 4.69) is 25.5 Å². The van der Waals surface area contributed by atoms with Crippen molar-refractivity contribution in [1.29, 1.82) is 0 Å². The molecule has 3 aliphatic rings. The zero-order chi connectivity index (χ0) is 19.2. The summed E-state index contributed by atoms with van der Waals surface area (Å²) in [5.74, 6) is 1.18. The average Bonchev–Trinajstić information content (AvgIpc) is 3.07. The molecule has 150 valence electrons. The van der Waals surface area contributed by atoms with Crippen molar-refractivity contribution >= 4 is 24.3 Å². The van der Waals surface area contributed by atoms with Gasteiger partial charge in [0.15, 0.2) is 6.17 Å². The fourth-order valence-corrected chi connectivity index (χ4v) is 3.58. The molecule has 3 unspecified atom stereocenters. The van der Waals surface area contributed by atoms with E-state index in [0.717, 1.165) is 0 Å². The first-order valence-corrected chi connectivity index (χ1v) is 9.44. The van der Waals surface area contributed by atoms with E-state index in [-0.39, 0.29) is 19.2 Å². The molecule has 5 N–H and O–H groups in total. The predicted octanol–water partition coefficient (Wildman–Crippen LogP) is -0.724. The van der Waals surface area contributed by atoms with E-state index >= 15 is 0 Å². The van der Waals surface area contributed by atoms with Gasteiger partial charge in [0.1, 0.15) is 18.0 Å². The van der Waals surface area contributed by atoms with Gasteiger partial charge < -0.3 is 25.6 Å². The molecule has 1 aliphatic carbocycles. The van der Waals surface area contributed by atoms with E-state index in [1.165, 1.54) is 39.2 Å². The molecular weight excluding hydrogens is 350 g/mol. The van der Waals surface area contributed by atoms with Crippen LogP contribution in [-0.2, 0) is 4.74 Å². The minimum absolute atomic E-state index is 0.207. The van der Waals surface area contributed by atoms with Crippen LogP contribution in [0.5, 0.6) is 0 Å². The Kier molecular flexibility index (Phi) is 6.75. The van der Waals surface area contributed by atoms with Gasteiger partial charge in [-0.2, -0.15) is 10.1 Å². The number of nitrogens with one attached hydrogen (secondary N) is 1. The zero-order valence-electron chi connectivity index (χ0n) is 15.6. The molecule has 0 aromatic rings. The molecule has 10 nitrogen and oxygen atoms in total. The van der Waals surface area contributed by atoms with E-state index in [9.17, 15) is 10.2 Å². The highest BCUT2D eigenvalue weighted by molar-refractivity contribution is 6.01. The monoisotopic (exact) mass is 379 g/mol. The molecule has 0 amide bonds.